The maximum absolute atomic E-state index is 7.00. The van der Waals surface area contributed by atoms with Crippen molar-refractivity contribution in [3.63, 3.8) is 0 Å². The van der Waals surface area contributed by atoms with E-state index in [1.807, 2.05) is 48.5 Å². The molecule has 0 unspecified atom stereocenters. The van der Waals surface area contributed by atoms with Crippen LogP contribution in [-0.2, 0) is 6.54 Å². The summed E-state index contributed by atoms with van der Waals surface area (Å²) in [5, 5.41) is 4.46. The minimum absolute atomic E-state index is 0.340. The zero-order chi connectivity index (χ0) is 13.9. The van der Waals surface area contributed by atoms with Crippen molar-refractivity contribution in [2.24, 2.45) is 5.11 Å². The summed E-state index contributed by atoms with van der Waals surface area (Å²) in [6.45, 7) is 0.340. The summed E-state index contributed by atoms with van der Waals surface area (Å²) in [6, 6.07) is 15.6. The van der Waals surface area contributed by atoms with E-state index < -0.39 is 0 Å². The van der Waals surface area contributed by atoms with Crippen LogP contribution in [0.5, 0.6) is 5.75 Å². The van der Waals surface area contributed by atoms with Gasteiger partial charge in [0, 0.05) is 16.5 Å². The molecule has 0 bridgehead atoms. The Bertz CT molecular complexity index is 745. The number of hydrogen-bond acceptors (Lipinski definition) is 4. The van der Waals surface area contributed by atoms with Crippen molar-refractivity contribution in [2.45, 2.75) is 6.54 Å². The van der Waals surface area contributed by atoms with Gasteiger partial charge in [0.15, 0.2) is 0 Å². The molecule has 4 heteroatoms. The van der Waals surface area contributed by atoms with Gasteiger partial charge in [0.25, 0.3) is 0 Å². The predicted molar refractivity (Wildman–Crippen MR) is 77.1 cm³/mol. The van der Waals surface area contributed by atoms with E-state index in [4.69, 9.17) is 14.7 Å². The number of hydrogen-bond donors (Lipinski definition) is 1. The SMILES string of the molecule is COc1ccc(-c2cc3cccc(CN=N)c3o2)cc1. The second kappa shape index (κ2) is 5.17. The van der Waals surface area contributed by atoms with E-state index in [9.17, 15) is 0 Å². The molecule has 4 nitrogen and oxygen atoms in total. The lowest BCUT2D eigenvalue weighted by molar-refractivity contribution is 0.415. The van der Waals surface area contributed by atoms with Gasteiger partial charge in [-0.2, -0.15) is 5.11 Å². The Morgan fingerprint density at radius 1 is 1.15 bits per heavy atom. The first-order valence-corrected chi connectivity index (χ1v) is 6.31. The number of para-hydroxylation sites is 1. The monoisotopic (exact) mass is 266 g/mol. The molecule has 100 valence electrons. The van der Waals surface area contributed by atoms with Crippen LogP contribution in [0.25, 0.3) is 22.3 Å². The van der Waals surface area contributed by atoms with Crippen LogP contribution < -0.4 is 4.74 Å². The number of benzene rings is 2. The standard InChI is InChI=1S/C16H14N2O2/c1-19-14-7-5-11(6-8-14)15-9-12-3-2-4-13(10-18-17)16(12)20-15/h2-9,17H,10H2,1H3. The predicted octanol–water partition coefficient (Wildman–Crippen LogP) is 4.64. The Morgan fingerprint density at radius 3 is 2.65 bits per heavy atom. The highest BCUT2D eigenvalue weighted by Gasteiger charge is 2.09. The van der Waals surface area contributed by atoms with Gasteiger partial charge in [0.05, 0.1) is 13.7 Å². The van der Waals surface area contributed by atoms with Crippen LogP contribution in [-0.4, -0.2) is 7.11 Å². The number of methoxy groups -OCH3 is 1. The molecule has 0 saturated carbocycles. The van der Waals surface area contributed by atoms with Gasteiger partial charge in [-0.05, 0) is 30.3 Å². The molecular weight excluding hydrogens is 252 g/mol. The maximum atomic E-state index is 7.00. The molecule has 0 spiro atoms. The van der Waals surface area contributed by atoms with E-state index in [1.165, 1.54) is 0 Å². The van der Waals surface area contributed by atoms with E-state index in [-0.39, 0.29) is 0 Å². The molecule has 1 aromatic heterocycles. The molecule has 3 aromatic rings. The van der Waals surface area contributed by atoms with Crippen LogP contribution in [0.1, 0.15) is 5.56 Å². The molecule has 0 atom stereocenters. The van der Waals surface area contributed by atoms with Crippen molar-refractivity contribution in [3.8, 4) is 17.1 Å². The normalized spacial score (nSPS) is 10.7. The molecule has 1 heterocycles. The lowest BCUT2D eigenvalue weighted by Crippen LogP contribution is -1.81. The van der Waals surface area contributed by atoms with Crippen molar-refractivity contribution in [1.82, 2.24) is 0 Å². The van der Waals surface area contributed by atoms with E-state index in [1.54, 1.807) is 7.11 Å². The molecule has 20 heavy (non-hydrogen) atoms. The molecule has 0 aliphatic rings. The summed E-state index contributed by atoms with van der Waals surface area (Å²) in [5.41, 5.74) is 9.72. The van der Waals surface area contributed by atoms with E-state index in [0.717, 1.165) is 33.6 Å². The fraction of sp³-hybridized carbons (Fsp3) is 0.125. The number of rotatable bonds is 4. The van der Waals surface area contributed by atoms with E-state index in [2.05, 4.69) is 5.11 Å². The second-order valence-corrected chi connectivity index (χ2v) is 4.49. The third kappa shape index (κ3) is 2.16. The van der Waals surface area contributed by atoms with Gasteiger partial charge in [-0.25, -0.2) is 5.53 Å². The molecule has 0 fully saturated rings. The van der Waals surface area contributed by atoms with Crippen LogP contribution in [0.2, 0.25) is 0 Å². The highest BCUT2D eigenvalue weighted by molar-refractivity contribution is 5.85. The molecule has 0 aliphatic heterocycles. The average Bonchev–Trinajstić information content (AvgIpc) is 2.93. The molecule has 0 amide bonds. The van der Waals surface area contributed by atoms with E-state index >= 15 is 0 Å². The molecule has 0 saturated heterocycles. The summed E-state index contributed by atoms with van der Waals surface area (Å²) in [5.74, 6) is 1.62. The van der Waals surface area contributed by atoms with Gasteiger partial charge >= 0.3 is 0 Å². The average molecular weight is 266 g/mol. The van der Waals surface area contributed by atoms with Crippen molar-refractivity contribution in [1.29, 1.82) is 5.53 Å². The van der Waals surface area contributed by atoms with Crippen LogP contribution in [0.4, 0.5) is 0 Å². The van der Waals surface area contributed by atoms with Gasteiger partial charge in [-0.15, -0.1) is 0 Å². The molecule has 1 N–H and O–H groups in total. The number of furan rings is 1. The lowest BCUT2D eigenvalue weighted by atomic mass is 10.1. The third-order valence-electron chi connectivity index (χ3n) is 3.25. The summed E-state index contributed by atoms with van der Waals surface area (Å²) in [6.07, 6.45) is 0. The smallest absolute Gasteiger partial charge is 0.139 e. The highest BCUT2D eigenvalue weighted by Crippen LogP contribution is 2.31. The molecule has 0 radical (unpaired) electrons. The molecule has 0 aliphatic carbocycles. The minimum Gasteiger partial charge on any atom is -0.497 e. The zero-order valence-electron chi connectivity index (χ0n) is 11.1. The van der Waals surface area contributed by atoms with Gasteiger partial charge in [-0.1, -0.05) is 18.2 Å². The largest absolute Gasteiger partial charge is 0.497 e. The third-order valence-corrected chi connectivity index (χ3v) is 3.25. The second-order valence-electron chi connectivity index (χ2n) is 4.49. The van der Waals surface area contributed by atoms with Gasteiger partial charge in [0.2, 0.25) is 0 Å². The number of nitrogens with zero attached hydrogens (tertiary/aromatic N) is 1. The first-order valence-electron chi connectivity index (χ1n) is 6.31. The minimum atomic E-state index is 0.340. The van der Waals surface area contributed by atoms with Crippen molar-refractivity contribution in [2.75, 3.05) is 7.11 Å². The molecule has 3 rings (SSSR count). The Kier molecular flexibility index (Phi) is 3.21. The number of fused-ring (bicyclic) bond motifs is 1. The van der Waals surface area contributed by atoms with Crippen LogP contribution in [0.3, 0.4) is 0 Å². The summed E-state index contributed by atoms with van der Waals surface area (Å²) < 4.78 is 11.1. The Balaban J connectivity index is 2.07. The van der Waals surface area contributed by atoms with Gasteiger partial charge < -0.3 is 9.15 Å². The topological polar surface area (TPSA) is 58.6 Å². The maximum Gasteiger partial charge on any atom is 0.139 e. The van der Waals surface area contributed by atoms with Gasteiger partial charge in [-0.3, -0.25) is 0 Å². The Morgan fingerprint density at radius 2 is 1.95 bits per heavy atom. The number of nitrogens with one attached hydrogen (secondary N) is 1. The zero-order valence-corrected chi connectivity index (χ0v) is 11.1. The summed E-state index contributed by atoms with van der Waals surface area (Å²) in [4.78, 5) is 0. The molecule has 2 aromatic carbocycles. The summed E-state index contributed by atoms with van der Waals surface area (Å²) in [7, 11) is 1.65. The van der Waals surface area contributed by atoms with Gasteiger partial charge in [0.1, 0.15) is 17.1 Å². The fourth-order valence-corrected chi connectivity index (χ4v) is 2.23. The van der Waals surface area contributed by atoms with Crippen molar-refractivity contribution < 1.29 is 9.15 Å². The van der Waals surface area contributed by atoms with Crippen molar-refractivity contribution >= 4 is 11.0 Å². The molecular formula is C16H14N2O2. The number of ether oxygens (including phenoxy) is 1. The highest BCUT2D eigenvalue weighted by atomic mass is 16.5. The first-order chi connectivity index (χ1) is 9.81. The Labute approximate surface area is 116 Å². The van der Waals surface area contributed by atoms with Crippen molar-refractivity contribution in [3.05, 3.63) is 54.1 Å². The first kappa shape index (κ1) is 12.4. The van der Waals surface area contributed by atoms with E-state index in [0.29, 0.717) is 6.54 Å². The fourth-order valence-electron chi connectivity index (χ4n) is 2.23. The Hall–Kier alpha value is -2.62. The van der Waals surface area contributed by atoms with Crippen LogP contribution in [0, 0.1) is 5.53 Å². The lowest BCUT2D eigenvalue weighted by Gasteiger charge is -2.00. The summed E-state index contributed by atoms with van der Waals surface area (Å²) >= 11 is 0. The quantitative estimate of drug-likeness (QED) is 0.699. The van der Waals surface area contributed by atoms with Crippen LogP contribution in [0.15, 0.2) is 58.1 Å². The van der Waals surface area contributed by atoms with Crippen LogP contribution >= 0.6 is 0 Å².